The third-order valence-electron chi connectivity index (χ3n) is 4.19. The molecule has 4 nitrogen and oxygen atoms in total. The molecular formula is C21H20ClNO3. The van der Waals surface area contributed by atoms with Crippen LogP contribution in [0, 0.1) is 0 Å². The Kier molecular flexibility index (Phi) is 5.74. The molecule has 2 aromatic rings. The van der Waals surface area contributed by atoms with Gasteiger partial charge in [-0.1, -0.05) is 61.0 Å². The van der Waals surface area contributed by atoms with Crippen molar-refractivity contribution in [2.24, 2.45) is 0 Å². The van der Waals surface area contributed by atoms with E-state index < -0.39 is 5.91 Å². The van der Waals surface area contributed by atoms with E-state index in [1.165, 1.54) is 4.90 Å². The van der Waals surface area contributed by atoms with Gasteiger partial charge in [0.25, 0.3) is 11.8 Å². The molecule has 0 fully saturated rings. The monoisotopic (exact) mass is 369 g/mol. The van der Waals surface area contributed by atoms with E-state index in [1.54, 1.807) is 24.3 Å². The molecule has 2 amide bonds. The Bertz CT molecular complexity index is 828. The van der Waals surface area contributed by atoms with Crippen LogP contribution in [-0.4, -0.2) is 29.9 Å². The zero-order valence-corrected chi connectivity index (χ0v) is 15.3. The fraction of sp³-hybridized carbons (Fsp3) is 0.238. The van der Waals surface area contributed by atoms with E-state index in [0.717, 1.165) is 17.7 Å². The molecule has 0 radical (unpaired) electrons. The summed E-state index contributed by atoms with van der Waals surface area (Å²) < 4.78 is 5.54. The predicted octanol–water partition coefficient (Wildman–Crippen LogP) is 4.04. The molecule has 0 unspecified atom stereocenters. The van der Waals surface area contributed by atoms with Gasteiger partial charge in [0.2, 0.25) is 0 Å². The molecule has 2 aromatic carbocycles. The van der Waals surface area contributed by atoms with Crippen LogP contribution in [0.3, 0.4) is 0 Å². The lowest BCUT2D eigenvalue weighted by molar-refractivity contribution is -0.136. The summed E-state index contributed by atoms with van der Waals surface area (Å²) in [5.41, 5.74) is 1.95. The zero-order chi connectivity index (χ0) is 18.5. The molecule has 26 heavy (non-hydrogen) atoms. The van der Waals surface area contributed by atoms with E-state index >= 15 is 0 Å². The summed E-state index contributed by atoms with van der Waals surface area (Å²) in [5.74, 6) is -0.0582. The lowest BCUT2D eigenvalue weighted by Crippen LogP contribution is -2.33. The van der Waals surface area contributed by atoms with Crippen molar-refractivity contribution in [1.29, 1.82) is 0 Å². The van der Waals surface area contributed by atoms with Crippen molar-refractivity contribution in [2.45, 2.75) is 19.8 Å². The number of amides is 2. The lowest BCUT2D eigenvalue weighted by Gasteiger charge is -2.14. The topological polar surface area (TPSA) is 46.6 Å². The smallest absolute Gasteiger partial charge is 0.273 e. The fourth-order valence-electron chi connectivity index (χ4n) is 2.82. The number of carbonyl (C=O) groups excluding carboxylic acids is 2. The highest BCUT2D eigenvalue weighted by molar-refractivity contribution is 6.55. The predicted molar refractivity (Wildman–Crippen MR) is 102 cm³/mol. The van der Waals surface area contributed by atoms with E-state index in [-0.39, 0.29) is 16.5 Å². The van der Waals surface area contributed by atoms with Gasteiger partial charge >= 0.3 is 0 Å². The minimum atomic E-state index is -0.436. The molecule has 5 heteroatoms. The summed E-state index contributed by atoms with van der Waals surface area (Å²) in [6.45, 7) is 2.97. The van der Waals surface area contributed by atoms with E-state index in [1.807, 2.05) is 37.3 Å². The van der Waals surface area contributed by atoms with Crippen LogP contribution in [0.2, 0.25) is 0 Å². The summed E-state index contributed by atoms with van der Waals surface area (Å²) >= 11 is 6.19. The molecule has 0 aromatic heterocycles. The van der Waals surface area contributed by atoms with Gasteiger partial charge in [0.1, 0.15) is 10.8 Å². The Labute approximate surface area is 158 Å². The largest absolute Gasteiger partial charge is 0.494 e. The van der Waals surface area contributed by atoms with Gasteiger partial charge in [-0.15, -0.1) is 0 Å². The second-order valence-corrected chi connectivity index (χ2v) is 6.44. The van der Waals surface area contributed by atoms with Gasteiger partial charge in [-0.25, -0.2) is 0 Å². The minimum Gasteiger partial charge on any atom is -0.494 e. The number of benzene rings is 2. The molecule has 1 aliphatic heterocycles. The van der Waals surface area contributed by atoms with Crippen molar-refractivity contribution in [3.63, 3.8) is 0 Å². The number of nitrogens with zero attached hydrogens (tertiary/aromatic N) is 1. The maximum Gasteiger partial charge on any atom is 0.273 e. The van der Waals surface area contributed by atoms with Crippen LogP contribution in [0.5, 0.6) is 5.75 Å². The maximum absolute atomic E-state index is 12.7. The van der Waals surface area contributed by atoms with E-state index in [0.29, 0.717) is 25.1 Å². The number of imide groups is 1. The summed E-state index contributed by atoms with van der Waals surface area (Å²) in [6, 6.07) is 16.8. The fourth-order valence-corrected chi connectivity index (χ4v) is 3.12. The third-order valence-corrected chi connectivity index (χ3v) is 4.54. The van der Waals surface area contributed by atoms with Crippen LogP contribution in [0.15, 0.2) is 59.6 Å². The van der Waals surface area contributed by atoms with Crippen LogP contribution < -0.4 is 4.74 Å². The molecule has 1 aliphatic rings. The number of hydrogen-bond acceptors (Lipinski definition) is 3. The first-order valence-corrected chi connectivity index (χ1v) is 9.02. The van der Waals surface area contributed by atoms with Gasteiger partial charge in [0.05, 0.1) is 12.2 Å². The van der Waals surface area contributed by atoms with Gasteiger partial charge < -0.3 is 4.74 Å². The SMILES string of the molecule is CCCOc1ccc(C2=C(Cl)C(=O)N(CCc3ccccc3)C2=O)cc1. The van der Waals surface area contributed by atoms with E-state index in [2.05, 4.69) is 0 Å². The first-order valence-electron chi connectivity index (χ1n) is 8.65. The molecular weight excluding hydrogens is 350 g/mol. The van der Waals surface area contributed by atoms with Crippen molar-refractivity contribution in [2.75, 3.05) is 13.2 Å². The Hall–Kier alpha value is -2.59. The van der Waals surface area contributed by atoms with Gasteiger partial charge in [-0.05, 0) is 36.1 Å². The van der Waals surface area contributed by atoms with E-state index in [4.69, 9.17) is 16.3 Å². The van der Waals surface area contributed by atoms with Gasteiger partial charge in [-0.2, -0.15) is 0 Å². The highest BCUT2D eigenvalue weighted by Gasteiger charge is 2.37. The van der Waals surface area contributed by atoms with Crippen molar-refractivity contribution >= 4 is 29.0 Å². The average molecular weight is 370 g/mol. The Morgan fingerprint density at radius 2 is 1.65 bits per heavy atom. The maximum atomic E-state index is 12.7. The Balaban J connectivity index is 1.74. The molecule has 0 saturated heterocycles. The van der Waals surface area contributed by atoms with Crippen molar-refractivity contribution in [1.82, 2.24) is 4.90 Å². The molecule has 1 heterocycles. The average Bonchev–Trinajstić information content (AvgIpc) is 2.88. The Morgan fingerprint density at radius 3 is 2.31 bits per heavy atom. The molecule has 134 valence electrons. The number of halogens is 1. The zero-order valence-electron chi connectivity index (χ0n) is 14.6. The summed E-state index contributed by atoms with van der Waals surface area (Å²) in [7, 11) is 0. The normalized spacial score (nSPS) is 14.3. The first-order chi connectivity index (χ1) is 12.6. The van der Waals surface area contributed by atoms with Gasteiger partial charge in [0, 0.05) is 6.54 Å². The van der Waals surface area contributed by atoms with Crippen LogP contribution in [0.1, 0.15) is 24.5 Å². The number of hydrogen-bond donors (Lipinski definition) is 0. The number of rotatable bonds is 7. The van der Waals surface area contributed by atoms with Gasteiger partial charge in [0.15, 0.2) is 0 Å². The standard InChI is InChI=1S/C21H20ClNO3/c1-2-14-26-17-10-8-16(9-11-17)18-19(22)21(25)23(20(18)24)13-12-15-6-4-3-5-7-15/h3-11H,2,12-14H2,1H3. The quantitative estimate of drug-likeness (QED) is 0.692. The van der Waals surface area contributed by atoms with Crippen molar-refractivity contribution < 1.29 is 14.3 Å². The highest BCUT2D eigenvalue weighted by atomic mass is 35.5. The van der Waals surface area contributed by atoms with Crippen LogP contribution in [-0.2, 0) is 16.0 Å². The molecule has 0 spiro atoms. The highest BCUT2D eigenvalue weighted by Crippen LogP contribution is 2.32. The number of ether oxygens (including phenoxy) is 1. The van der Waals surface area contributed by atoms with Crippen LogP contribution in [0.4, 0.5) is 0 Å². The molecule has 0 atom stereocenters. The summed E-state index contributed by atoms with van der Waals surface area (Å²) in [5, 5.41) is -0.0229. The second-order valence-electron chi connectivity index (χ2n) is 6.06. The van der Waals surface area contributed by atoms with Crippen molar-refractivity contribution in [3.8, 4) is 5.75 Å². The van der Waals surface area contributed by atoms with Gasteiger partial charge in [-0.3, -0.25) is 14.5 Å². The van der Waals surface area contributed by atoms with Crippen LogP contribution in [0.25, 0.3) is 5.57 Å². The molecule has 0 saturated carbocycles. The number of carbonyl (C=O) groups is 2. The second kappa shape index (κ2) is 8.19. The minimum absolute atomic E-state index is 0.0229. The first kappa shape index (κ1) is 18.2. The summed E-state index contributed by atoms with van der Waals surface area (Å²) in [6.07, 6.45) is 1.52. The molecule has 0 N–H and O–H groups in total. The molecule has 3 rings (SSSR count). The van der Waals surface area contributed by atoms with E-state index in [9.17, 15) is 9.59 Å². The third kappa shape index (κ3) is 3.81. The van der Waals surface area contributed by atoms with Crippen molar-refractivity contribution in [3.05, 3.63) is 70.8 Å². The van der Waals surface area contributed by atoms with Crippen LogP contribution >= 0.6 is 11.6 Å². The lowest BCUT2D eigenvalue weighted by atomic mass is 10.1. The summed E-state index contributed by atoms with van der Waals surface area (Å²) in [4.78, 5) is 26.4. The molecule has 0 bridgehead atoms. The Morgan fingerprint density at radius 1 is 0.962 bits per heavy atom. The molecule has 0 aliphatic carbocycles.